The maximum atomic E-state index is 12.7. The minimum atomic E-state index is -0.211. The van der Waals surface area contributed by atoms with E-state index in [-0.39, 0.29) is 11.8 Å². The number of pyridine rings is 1. The molecule has 0 aliphatic heterocycles. The van der Waals surface area contributed by atoms with E-state index in [2.05, 4.69) is 12.1 Å². The van der Waals surface area contributed by atoms with E-state index in [9.17, 15) is 4.79 Å². The number of hydrogen-bond donors (Lipinski definition) is 0. The van der Waals surface area contributed by atoms with Crippen molar-refractivity contribution in [1.82, 2.24) is 0 Å². The van der Waals surface area contributed by atoms with E-state index in [0.29, 0.717) is 0 Å². The van der Waals surface area contributed by atoms with Crippen molar-refractivity contribution in [2.75, 3.05) is 0 Å². The molecule has 0 saturated heterocycles. The monoisotopic (exact) mass is 302 g/mol. The summed E-state index contributed by atoms with van der Waals surface area (Å²) in [6, 6.07) is 21.8. The molecule has 0 spiro atoms. The second-order valence-corrected chi connectivity index (χ2v) is 5.81. The largest absolute Gasteiger partial charge is 0.287 e. The average molecular weight is 302 g/mol. The lowest BCUT2D eigenvalue weighted by atomic mass is 10.00. The molecular formula is C21H20NO+. The van der Waals surface area contributed by atoms with Crippen molar-refractivity contribution in [1.29, 1.82) is 0 Å². The van der Waals surface area contributed by atoms with Crippen LogP contribution in [0.3, 0.4) is 0 Å². The number of hydrogen-bond acceptors (Lipinski definition) is 1. The summed E-state index contributed by atoms with van der Waals surface area (Å²) in [5.74, 6) is 0.125. The van der Waals surface area contributed by atoms with E-state index in [1.807, 2.05) is 85.4 Å². The summed E-state index contributed by atoms with van der Waals surface area (Å²) in [6.45, 7) is 3.97. The van der Waals surface area contributed by atoms with Gasteiger partial charge in [0.25, 0.3) is 0 Å². The molecule has 0 radical (unpaired) electrons. The Balaban J connectivity index is 1.83. The Labute approximate surface area is 137 Å². The van der Waals surface area contributed by atoms with Gasteiger partial charge in [0.2, 0.25) is 11.8 Å². The molecule has 0 unspecified atom stereocenters. The fraction of sp³-hybridized carbons (Fsp3) is 0.143. The van der Waals surface area contributed by atoms with Gasteiger partial charge in [0, 0.05) is 24.1 Å². The van der Waals surface area contributed by atoms with Gasteiger partial charge in [-0.3, -0.25) is 4.79 Å². The quantitative estimate of drug-likeness (QED) is 0.517. The molecule has 114 valence electrons. The van der Waals surface area contributed by atoms with Gasteiger partial charge in [-0.05, 0) is 24.1 Å². The summed E-state index contributed by atoms with van der Waals surface area (Å²) in [6.07, 6.45) is 3.94. The molecule has 0 saturated carbocycles. The number of ketones is 1. The first kappa shape index (κ1) is 15.2. The standard InChI is InChI=1S/C21H20NO/c1-16-7-6-14-22(15-16)17(2)21(23)20-12-10-19(11-13-20)18-8-4-3-5-9-18/h3-15,17H,1-2H3/q+1/t17-/m0/s1. The topological polar surface area (TPSA) is 20.9 Å². The van der Waals surface area contributed by atoms with Gasteiger partial charge in [-0.15, -0.1) is 0 Å². The molecule has 1 aromatic heterocycles. The highest BCUT2D eigenvalue weighted by atomic mass is 16.1. The summed E-state index contributed by atoms with van der Waals surface area (Å²) in [7, 11) is 0. The highest BCUT2D eigenvalue weighted by Gasteiger charge is 2.23. The Morgan fingerprint density at radius 1 is 0.870 bits per heavy atom. The second kappa shape index (κ2) is 6.57. The van der Waals surface area contributed by atoms with Crippen LogP contribution in [-0.2, 0) is 0 Å². The SMILES string of the molecule is Cc1ccc[n+]([C@@H](C)C(=O)c2ccc(-c3ccccc3)cc2)c1. The molecule has 0 aliphatic carbocycles. The zero-order valence-corrected chi connectivity index (χ0v) is 13.4. The molecular weight excluding hydrogens is 282 g/mol. The van der Waals surface area contributed by atoms with Crippen molar-refractivity contribution in [2.24, 2.45) is 0 Å². The molecule has 0 bridgehead atoms. The predicted molar refractivity (Wildman–Crippen MR) is 92.3 cm³/mol. The van der Waals surface area contributed by atoms with Gasteiger partial charge in [-0.25, -0.2) is 0 Å². The van der Waals surface area contributed by atoms with E-state index in [1.54, 1.807) is 0 Å². The maximum absolute atomic E-state index is 12.7. The third kappa shape index (κ3) is 3.37. The van der Waals surface area contributed by atoms with Crippen LogP contribution in [0, 0.1) is 6.92 Å². The molecule has 3 aromatic rings. The van der Waals surface area contributed by atoms with Crippen LogP contribution in [0.4, 0.5) is 0 Å². The Bertz CT molecular complexity index is 807. The number of nitrogens with zero attached hydrogens (tertiary/aromatic N) is 1. The highest BCUT2D eigenvalue weighted by molar-refractivity contribution is 5.98. The van der Waals surface area contributed by atoms with Gasteiger partial charge in [-0.1, -0.05) is 54.6 Å². The molecule has 2 heteroatoms. The molecule has 0 amide bonds. The van der Waals surface area contributed by atoms with Crippen LogP contribution in [0.15, 0.2) is 79.1 Å². The fourth-order valence-electron chi connectivity index (χ4n) is 2.69. The van der Waals surface area contributed by atoms with Gasteiger partial charge in [0.15, 0.2) is 12.4 Å². The van der Waals surface area contributed by atoms with Crippen molar-refractivity contribution in [3.63, 3.8) is 0 Å². The van der Waals surface area contributed by atoms with Crippen molar-refractivity contribution >= 4 is 5.78 Å². The molecule has 2 nitrogen and oxygen atoms in total. The molecule has 1 heterocycles. The molecule has 0 fully saturated rings. The third-order valence-electron chi connectivity index (χ3n) is 4.07. The highest BCUT2D eigenvalue weighted by Crippen LogP contribution is 2.20. The Hall–Kier alpha value is -2.74. The van der Waals surface area contributed by atoms with Crippen LogP contribution < -0.4 is 4.57 Å². The van der Waals surface area contributed by atoms with Crippen molar-refractivity contribution in [3.05, 3.63) is 90.3 Å². The Kier molecular flexibility index (Phi) is 4.33. The summed E-state index contributed by atoms with van der Waals surface area (Å²) in [5.41, 5.74) is 4.17. The average Bonchev–Trinajstić information content (AvgIpc) is 2.61. The van der Waals surface area contributed by atoms with E-state index >= 15 is 0 Å². The summed E-state index contributed by atoms with van der Waals surface area (Å²) in [5, 5.41) is 0. The molecule has 1 atom stereocenters. The number of aromatic nitrogens is 1. The lowest BCUT2D eigenvalue weighted by Crippen LogP contribution is -2.41. The zero-order valence-electron chi connectivity index (χ0n) is 13.4. The number of carbonyl (C=O) groups excluding carboxylic acids is 1. The molecule has 0 N–H and O–H groups in total. The van der Waals surface area contributed by atoms with Crippen LogP contribution in [0.1, 0.15) is 28.9 Å². The first-order valence-corrected chi connectivity index (χ1v) is 7.82. The molecule has 3 rings (SSSR count). The van der Waals surface area contributed by atoms with E-state index in [0.717, 1.165) is 22.3 Å². The number of Topliss-reactive ketones (excluding diaryl/α,β-unsaturated/α-hetero) is 1. The van der Waals surface area contributed by atoms with Gasteiger partial charge < -0.3 is 0 Å². The zero-order chi connectivity index (χ0) is 16.2. The smallest absolute Gasteiger partial charge is 0.230 e. The van der Waals surface area contributed by atoms with Gasteiger partial charge in [0.1, 0.15) is 0 Å². The Morgan fingerprint density at radius 2 is 1.52 bits per heavy atom. The third-order valence-corrected chi connectivity index (χ3v) is 4.07. The van der Waals surface area contributed by atoms with E-state index in [1.165, 1.54) is 0 Å². The van der Waals surface area contributed by atoms with Crippen LogP contribution in [-0.4, -0.2) is 5.78 Å². The normalized spacial score (nSPS) is 11.9. The molecule has 23 heavy (non-hydrogen) atoms. The van der Waals surface area contributed by atoms with Crippen LogP contribution >= 0.6 is 0 Å². The minimum absolute atomic E-state index is 0.125. The van der Waals surface area contributed by atoms with Crippen LogP contribution in [0.5, 0.6) is 0 Å². The second-order valence-electron chi connectivity index (χ2n) is 5.81. The number of benzene rings is 2. The fourth-order valence-corrected chi connectivity index (χ4v) is 2.69. The summed E-state index contributed by atoms with van der Waals surface area (Å²) in [4.78, 5) is 12.7. The van der Waals surface area contributed by atoms with Gasteiger partial charge in [-0.2, -0.15) is 4.57 Å². The predicted octanol–water partition coefficient (Wildman–Crippen LogP) is 4.39. The van der Waals surface area contributed by atoms with Gasteiger partial charge >= 0.3 is 0 Å². The van der Waals surface area contributed by atoms with Crippen molar-refractivity contribution in [2.45, 2.75) is 19.9 Å². The summed E-state index contributed by atoms with van der Waals surface area (Å²) < 4.78 is 1.96. The van der Waals surface area contributed by atoms with Crippen LogP contribution in [0.2, 0.25) is 0 Å². The lowest BCUT2D eigenvalue weighted by molar-refractivity contribution is -0.705. The summed E-state index contributed by atoms with van der Waals surface area (Å²) >= 11 is 0. The lowest BCUT2D eigenvalue weighted by Gasteiger charge is -2.08. The van der Waals surface area contributed by atoms with Crippen molar-refractivity contribution in [3.8, 4) is 11.1 Å². The van der Waals surface area contributed by atoms with E-state index in [4.69, 9.17) is 0 Å². The van der Waals surface area contributed by atoms with E-state index < -0.39 is 0 Å². The number of carbonyl (C=O) groups is 1. The maximum Gasteiger partial charge on any atom is 0.230 e. The molecule has 0 aliphatic rings. The minimum Gasteiger partial charge on any atom is -0.287 e. The van der Waals surface area contributed by atoms with Crippen LogP contribution in [0.25, 0.3) is 11.1 Å². The molecule has 2 aromatic carbocycles. The first-order chi connectivity index (χ1) is 11.1. The number of aryl methyl sites for hydroxylation is 1. The van der Waals surface area contributed by atoms with Crippen molar-refractivity contribution < 1.29 is 9.36 Å². The Morgan fingerprint density at radius 3 is 2.17 bits per heavy atom. The first-order valence-electron chi connectivity index (χ1n) is 7.82. The van der Waals surface area contributed by atoms with Gasteiger partial charge in [0.05, 0.1) is 0 Å². The number of rotatable bonds is 4.